The van der Waals surface area contributed by atoms with Crippen molar-refractivity contribution in [1.29, 1.82) is 0 Å². The summed E-state index contributed by atoms with van der Waals surface area (Å²) in [5.41, 5.74) is 0. The average molecular weight is 301 g/mol. The molecule has 4 aliphatic carbocycles. The van der Waals surface area contributed by atoms with Crippen molar-refractivity contribution in [3.63, 3.8) is 0 Å². The Bertz CT molecular complexity index is 487. The Morgan fingerprint density at radius 2 is 1.55 bits per heavy atom. The lowest BCUT2D eigenvalue weighted by atomic mass is 9.54. The number of carboxylic acid groups (broad SMARTS) is 1. The summed E-state index contributed by atoms with van der Waals surface area (Å²) in [6, 6.07) is 0.0228. The van der Waals surface area contributed by atoms with E-state index in [2.05, 4.69) is 0 Å². The number of rotatable bonds is 4. The summed E-state index contributed by atoms with van der Waals surface area (Å²) in [7, 11) is -2.16. The molecule has 114 valence electrons. The van der Waals surface area contributed by atoms with E-state index in [1.807, 2.05) is 0 Å². The second kappa shape index (κ2) is 4.70. The van der Waals surface area contributed by atoms with E-state index in [1.54, 1.807) is 7.05 Å². The first-order valence-electron chi connectivity index (χ1n) is 7.50. The highest BCUT2D eigenvalue weighted by atomic mass is 32.2. The maximum absolute atomic E-state index is 12.4. The summed E-state index contributed by atoms with van der Waals surface area (Å²) in [5.74, 6) is 1.17. The maximum atomic E-state index is 12.4. The Balaban J connectivity index is 1.84. The summed E-state index contributed by atoms with van der Waals surface area (Å²) >= 11 is 0. The van der Waals surface area contributed by atoms with Gasteiger partial charge in [-0.2, -0.15) is 0 Å². The van der Waals surface area contributed by atoms with Crippen LogP contribution in [0.2, 0.25) is 0 Å². The highest BCUT2D eigenvalue weighted by molar-refractivity contribution is 7.90. The van der Waals surface area contributed by atoms with Gasteiger partial charge >= 0.3 is 5.97 Å². The first-order chi connectivity index (χ1) is 9.30. The lowest BCUT2D eigenvalue weighted by Crippen LogP contribution is -2.57. The van der Waals surface area contributed by atoms with Crippen molar-refractivity contribution >= 4 is 16.0 Å². The van der Waals surface area contributed by atoms with Crippen LogP contribution in [-0.2, 0) is 14.8 Å². The Morgan fingerprint density at radius 1 is 1.10 bits per heavy atom. The minimum Gasteiger partial charge on any atom is -0.480 e. The molecule has 0 aromatic heterocycles. The lowest BCUT2D eigenvalue weighted by Gasteiger charge is -2.56. The first-order valence-corrected chi connectivity index (χ1v) is 9.00. The number of hydrogen-bond donors (Lipinski definition) is 1. The molecule has 0 heterocycles. The van der Waals surface area contributed by atoms with Crippen LogP contribution in [-0.4, -0.2) is 42.1 Å². The average Bonchev–Trinajstić information content (AvgIpc) is 2.36. The van der Waals surface area contributed by atoms with E-state index in [4.69, 9.17) is 5.11 Å². The topological polar surface area (TPSA) is 74.7 Å². The summed E-state index contributed by atoms with van der Waals surface area (Å²) in [4.78, 5) is 11.0. The van der Waals surface area contributed by atoms with Crippen LogP contribution in [0.5, 0.6) is 0 Å². The van der Waals surface area contributed by atoms with Crippen LogP contribution in [0.15, 0.2) is 0 Å². The Morgan fingerprint density at radius 3 is 1.95 bits per heavy atom. The van der Waals surface area contributed by atoms with Crippen molar-refractivity contribution in [2.75, 3.05) is 7.05 Å². The molecular formula is C14H23NO4S. The smallest absolute Gasteiger partial charge is 0.323 e. The molecule has 0 amide bonds. The number of nitrogens with zero attached hydrogens (tertiary/aromatic N) is 1. The summed E-state index contributed by atoms with van der Waals surface area (Å²) in [6.45, 7) is 1.27. The Labute approximate surface area is 120 Å². The highest BCUT2D eigenvalue weighted by Crippen LogP contribution is 2.55. The van der Waals surface area contributed by atoms with Crippen LogP contribution < -0.4 is 0 Å². The molecule has 0 aliphatic heterocycles. The van der Waals surface area contributed by atoms with Gasteiger partial charge in [0.05, 0.1) is 0 Å². The van der Waals surface area contributed by atoms with Gasteiger partial charge in [-0.1, -0.05) is 0 Å². The zero-order valence-electron chi connectivity index (χ0n) is 12.0. The molecule has 4 bridgehead atoms. The highest BCUT2D eigenvalue weighted by Gasteiger charge is 2.52. The van der Waals surface area contributed by atoms with Crippen molar-refractivity contribution in [1.82, 2.24) is 4.31 Å². The van der Waals surface area contributed by atoms with Crippen LogP contribution in [0.1, 0.15) is 39.0 Å². The van der Waals surface area contributed by atoms with Gasteiger partial charge in [0.2, 0.25) is 10.0 Å². The quantitative estimate of drug-likeness (QED) is 0.855. The normalized spacial score (nSPS) is 41.0. The van der Waals surface area contributed by atoms with Crippen LogP contribution in [0.25, 0.3) is 0 Å². The van der Waals surface area contributed by atoms with Crippen LogP contribution in [0, 0.1) is 23.7 Å². The predicted octanol–water partition coefficient (Wildman–Crippen LogP) is 1.55. The van der Waals surface area contributed by atoms with E-state index < -0.39 is 21.2 Å². The molecule has 0 aromatic rings. The maximum Gasteiger partial charge on any atom is 0.323 e. The fourth-order valence-electron chi connectivity index (χ4n) is 5.04. The van der Waals surface area contributed by atoms with Gasteiger partial charge in [0, 0.05) is 13.1 Å². The molecule has 4 aliphatic rings. The van der Waals surface area contributed by atoms with Gasteiger partial charge in [-0.25, -0.2) is 12.7 Å². The van der Waals surface area contributed by atoms with Crippen molar-refractivity contribution < 1.29 is 18.3 Å². The lowest BCUT2D eigenvalue weighted by molar-refractivity contribution is -0.136. The molecule has 1 unspecified atom stereocenters. The molecule has 0 spiro atoms. The molecule has 4 rings (SSSR count). The summed E-state index contributed by atoms with van der Waals surface area (Å²) < 4.78 is 26.3. The third-order valence-electron chi connectivity index (χ3n) is 5.79. The van der Waals surface area contributed by atoms with Crippen LogP contribution in [0.3, 0.4) is 0 Å². The molecule has 1 N–H and O–H groups in total. The fourth-order valence-corrected chi connectivity index (χ4v) is 6.47. The second-order valence-electron chi connectivity index (χ2n) is 6.96. The minimum atomic E-state index is -3.75. The Kier molecular flexibility index (Phi) is 3.36. The van der Waals surface area contributed by atoms with Crippen molar-refractivity contribution in [3.8, 4) is 0 Å². The molecule has 20 heavy (non-hydrogen) atoms. The fraction of sp³-hybridized carbons (Fsp3) is 0.929. The third-order valence-corrected chi connectivity index (χ3v) is 7.93. The molecule has 4 saturated carbocycles. The van der Waals surface area contributed by atoms with Gasteiger partial charge < -0.3 is 5.11 Å². The largest absolute Gasteiger partial charge is 0.480 e. The third kappa shape index (κ3) is 2.08. The van der Waals surface area contributed by atoms with Crippen molar-refractivity contribution in [2.45, 2.75) is 50.3 Å². The molecule has 0 aromatic carbocycles. The van der Waals surface area contributed by atoms with Gasteiger partial charge in [-0.05, 0) is 62.7 Å². The predicted molar refractivity (Wildman–Crippen MR) is 74.6 cm³/mol. The standard InChI is InChI=1S/C14H23NO4S/c1-8(14(16)17)20(18,19)15(2)13-11-4-9-3-10(6-11)7-12(13)5-9/h8-13H,3-7H2,1-2H3,(H,16,17). The number of carboxylic acids is 1. The summed E-state index contributed by atoms with van der Waals surface area (Å²) in [5, 5.41) is 7.65. The van der Waals surface area contributed by atoms with E-state index in [1.165, 1.54) is 17.6 Å². The molecular weight excluding hydrogens is 278 g/mol. The van der Waals surface area contributed by atoms with Crippen molar-refractivity contribution in [2.24, 2.45) is 23.7 Å². The molecule has 0 radical (unpaired) electrons. The molecule has 5 nitrogen and oxygen atoms in total. The first kappa shape index (κ1) is 14.3. The molecule has 1 atom stereocenters. The van der Waals surface area contributed by atoms with E-state index in [0.717, 1.165) is 37.5 Å². The monoisotopic (exact) mass is 301 g/mol. The number of carbonyl (C=O) groups is 1. The van der Waals surface area contributed by atoms with Gasteiger partial charge in [0.1, 0.15) is 0 Å². The van der Waals surface area contributed by atoms with Gasteiger partial charge in [-0.15, -0.1) is 0 Å². The van der Waals surface area contributed by atoms with Gasteiger partial charge in [0.25, 0.3) is 0 Å². The second-order valence-corrected chi connectivity index (χ2v) is 9.28. The van der Waals surface area contributed by atoms with Crippen LogP contribution >= 0.6 is 0 Å². The zero-order valence-corrected chi connectivity index (χ0v) is 12.8. The van der Waals surface area contributed by atoms with E-state index in [9.17, 15) is 13.2 Å². The Hall–Kier alpha value is -0.620. The summed E-state index contributed by atoms with van der Waals surface area (Å²) in [6.07, 6.45) is 5.82. The van der Waals surface area contributed by atoms with Crippen molar-refractivity contribution in [3.05, 3.63) is 0 Å². The van der Waals surface area contributed by atoms with Gasteiger partial charge in [-0.3, -0.25) is 4.79 Å². The van der Waals surface area contributed by atoms with Gasteiger partial charge in [0.15, 0.2) is 5.25 Å². The molecule has 0 saturated heterocycles. The SMILES string of the molecule is CC(C(=O)O)S(=O)(=O)N(C)C1C2CC3CC(C2)CC1C3. The number of sulfonamides is 1. The zero-order chi connectivity index (χ0) is 14.7. The number of hydrogen-bond acceptors (Lipinski definition) is 3. The van der Waals surface area contributed by atoms with E-state index in [-0.39, 0.29) is 6.04 Å². The van der Waals surface area contributed by atoms with E-state index in [0.29, 0.717) is 11.8 Å². The molecule has 4 fully saturated rings. The van der Waals surface area contributed by atoms with Crippen LogP contribution in [0.4, 0.5) is 0 Å². The minimum absolute atomic E-state index is 0.0228. The molecule has 6 heteroatoms. The van der Waals surface area contributed by atoms with E-state index >= 15 is 0 Å². The number of aliphatic carboxylic acids is 1.